The molecule has 2 rings (SSSR count). The van der Waals surface area contributed by atoms with Crippen LogP contribution in [0, 0.1) is 11.8 Å². The zero-order valence-corrected chi connectivity index (χ0v) is 16.4. The summed E-state index contributed by atoms with van der Waals surface area (Å²) in [5, 5.41) is 6.87. The number of hydrogen-bond donors (Lipinski definition) is 2. The van der Waals surface area contributed by atoms with Gasteiger partial charge in [0.2, 0.25) is 0 Å². The average molecular weight is 369 g/mol. The molecule has 0 aromatic heterocycles. The van der Waals surface area contributed by atoms with Crippen molar-refractivity contribution in [2.24, 2.45) is 11.8 Å². The number of nitrogens with one attached hydrogen (secondary N) is 2. The van der Waals surface area contributed by atoms with Gasteiger partial charge in [0, 0.05) is 25.2 Å². The van der Waals surface area contributed by atoms with E-state index in [4.69, 9.17) is 9.47 Å². The highest BCUT2D eigenvalue weighted by Gasteiger charge is 2.28. The first-order chi connectivity index (χ1) is 12.6. The van der Waals surface area contributed by atoms with Gasteiger partial charge in [-0.3, -0.25) is 9.59 Å². The maximum Gasteiger partial charge on any atom is 0.308 e. The number of rotatable bonds is 13. The van der Waals surface area contributed by atoms with E-state index in [2.05, 4.69) is 24.5 Å². The average Bonchev–Trinajstić information content (AvgIpc) is 2.53. The summed E-state index contributed by atoms with van der Waals surface area (Å²) >= 11 is 0. The maximum absolute atomic E-state index is 11.8. The summed E-state index contributed by atoms with van der Waals surface area (Å²) in [5.41, 5.74) is 0. The van der Waals surface area contributed by atoms with Crippen LogP contribution in [0.2, 0.25) is 0 Å². The Hall–Kier alpha value is -1.14. The van der Waals surface area contributed by atoms with Crippen molar-refractivity contribution in [3.05, 3.63) is 0 Å². The molecule has 0 bridgehead atoms. The summed E-state index contributed by atoms with van der Waals surface area (Å²) < 4.78 is 10.8. The highest BCUT2D eigenvalue weighted by molar-refractivity contribution is 5.73. The molecule has 2 aliphatic rings. The third kappa shape index (κ3) is 6.88. The molecular weight excluding hydrogens is 332 g/mol. The lowest BCUT2D eigenvalue weighted by molar-refractivity contribution is -0.153. The Balaban J connectivity index is 1.52. The first-order valence-electron chi connectivity index (χ1n) is 10.4. The van der Waals surface area contributed by atoms with E-state index in [9.17, 15) is 9.59 Å². The van der Waals surface area contributed by atoms with Gasteiger partial charge in [-0.2, -0.15) is 0 Å². The van der Waals surface area contributed by atoms with Crippen molar-refractivity contribution in [3.8, 4) is 0 Å². The smallest absolute Gasteiger partial charge is 0.308 e. The highest BCUT2D eigenvalue weighted by atomic mass is 16.5. The second-order valence-corrected chi connectivity index (χ2v) is 7.63. The van der Waals surface area contributed by atoms with Crippen molar-refractivity contribution in [2.75, 3.05) is 26.3 Å². The SMILES string of the molecule is CC[C@@H](COC(=O)C1CCC1)NCCN[C@@H](CC)COC(=O)C1CCC1. The van der Waals surface area contributed by atoms with Gasteiger partial charge >= 0.3 is 11.9 Å². The molecule has 2 N–H and O–H groups in total. The monoisotopic (exact) mass is 368 g/mol. The van der Waals surface area contributed by atoms with E-state index < -0.39 is 0 Å². The first-order valence-corrected chi connectivity index (χ1v) is 10.4. The van der Waals surface area contributed by atoms with E-state index in [-0.39, 0.29) is 35.9 Å². The fourth-order valence-corrected chi connectivity index (χ4v) is 3.08. The van der Waals surface area contributed by atoms with E-state index >= 15 is 0 Å². The fourth-order valence-electron chi connectivity index (χ4n) is 3.08. The molecular formula is C20H36N2O4. The predicted molar refractivity (Wildman–Crippen MR) is 101 cm³/mol. The Bertz CT molecular complexity index is 396. The minimum atomic E-state index is -0.0334. The molecule has 0 unspecified atom stereocenters. The van der Waals surface area contributed by atoms with Gasteiger partial charge in [-0.15, -0.1) is 0 Å². The minimum Gasteiger partial charge on any atom is -0.464 e. The minimum absolute atomic E-state index is 0.0334. The lowest BCUT2D eigenvalue weighted by Gasteiger charge is -2.25. The number of esters is 2. The van der Waals surface area contributed by atoms with E-state index in [0.29, 0.717) is 13.2 Å². The molecule has 2 aliphatic carbocycles. The lowest BCUT2D eigenvalue weighted by atomic mass is 9.86. The van der Waals surface area contributed by atoms with Crippen molar-refractivity contribution in [3.63, 3.8) is 0 Å². The summed E-state index contributed by atoms with van der Waals surface area (Å²) in [7, 11) is 0. The summed E-state index contributed by atoms with van der Waals surface area (Å²) in [4.78, 5) is 23.6. The van der Waals surface area contributed by atoms with Crippen LogP contribution in [-0.4, -0.2) is 50.3 Å². The van der Waals surface area contributed by atoms with Gasteiger partial charge in [-0.1, -0.05) is 26.7 Å². The van der Waals surface area contributed by atoms with Gasteiger partial charge < -0.3 is 20.1 Å². The summed E-state index contributed by atoms with van der Waals surface area (Å²) in [6.07, 6.45) is 8.08. The standard InChI is InChI=1S/C20H36N2O4/c1-3-17(13-25-19(23)15-7-5-8-15)21-11-12-22-18(4-2)14-26-20(24)16-9-6-10-16/h15-18,21-22H,3-14H2,1-2H3/t17-,18-/m0/s1. The molecule has 0 radical (unpaired) electrons. The molecule has 2 fully saturated rings. The van der Waals surface area contributed by atoms with Crippen molar-refractivity contribution < 1.29 is 19.1 Å². The summed E-state index contributed by atoms with van der Waals surface area (Å²) in [6, 6.07) is 0.384. The zero-order chi connectivity index (χ0) is 18.8. The molecule has 0 aromatic rings. The van der Waals surface area contributed by atoms with Crippen LogP contribution in [0.5, 0.6) is 0 Å². The molecule has 6 nitrogen and oxygen atoms in total. The molecule has 6 heteroatoms. The molecule has 2 atom stereocenters. The van der Waals surface area contributed by atoms with Gasteiger partial charge in [-0.25, -0.2) is 0 Å². The van der Waals surface area contributed by atoms with Gasteiger partial charge in [0.1, 0.15) is 13.2 Å². The second kappa shape index (κ2) is 11.5. The van der Waals surface area contributed by atoms with Gasteiger partial charge in [-0.05, 0) is 38.5 Å². The Kier molecular flexibility index (Phi) is 9.40. The molecule has 0 spiro atoms. The number of ether oxygens (including phenoxy) is 2. The van der Waals surface area contributed by atoms with Crippen molar-refractivity contribution >= 4 is 11.9 Å². The third-order valence-corrected chi connectivity index (χ3v) is 5.71. The van der Waals surface area contributed by atoms with E-state index in [0.717, 1.165) is 64.5 Å². The first kappa shape index (κ1) is 21.2. The molecule has 150 valence electrons. The predicted octanol–water partition coefficient (Wildman–Crippen LogP) is 2.41. The fraction of sp³-hybridized carbons (Fsp3) is 0.900. The maximum atomic E-state index is 11.8. The summed E-state index contributed by atoms with van der Waals surface area (Å²) in [6.45, 7) is 6.68. The van der Waals surface area contributed by atoms with Crippen LogP contribution in [0.3, 0.4) is 0 Å². The van der Waals surface area contributed by atoms with Crippen molar-refractivity contribution in [2.45, 2.75) is 77.3 Å². The Morgan fingerprint density at radius 1 is 0.808 bits per heavy atom. The van der Waals surface area contributed by atoms with Crippen LogP contribution in [0.15, 0.2) is 0 Å². The largest absolute Gasteiger partial charge is 0.464 e. The van der Waals surface area contributed by atoms with Gasteiger partial charge in [0.25, 0.3) is 0 Å². The van der Waals surface area contributed by atoms with Crippen LogP contribution in [-0.2, 0) is 19.1 Å². The van der Waals surface area contributed by atoms with Crippen molar-refractivity contribution in [1.29, 1.82) is 0 Å². The van der Waals surface area contributed by atoms with Gasteiger partial charge in [0.15, 0.2) is 0 Å². The highest BCUT2D eigenvalue weighted by Crippen LogP contribution is 2.28. The zero-order valence-electron chi connectivity index (χ0n) is 16.4. The lowest BCUT2D eigenvalue weighted by Crippen LogP contribution is -2.42. The quantitative estimate of drug-likeness (QED) is 0.384. The second-order valence-electron chi connectivity index (χ2n) is 7.63. The molecule has 26 heavy (non-hydrogen) atoms. The van der Waals surface area contributed by atoms with Crippen LogP contribution in [0.1, 0.15) is 65.2 Å². The molecule has 0 amide bonds. The Morgan fingerprint density at radius 3 is 1.46 bits per heavy atom. The molecule has 2 saturated carbocycles. The summed E-state index contributed by atoms with van der Waals surface area (Å²) in [5.74, 6) is 0.215. The topological polar surface area (TPSA) is 76.7 Å². The third-order valence-electron chi connectivity index (χ3n) is 5.71. The van der Waals surface area contributed by atoms with Gasteiger partial charge in [0.05, 0.1) is 11.8 Å². The van der Waals surface area contributed by atoms with E-state index in [1.54, 1.807) is 0 Å². The number of carbonyl (C=O) groups is 2. The van der Waals surface area contributed by atoms with E-state index in [1.165, 1.54) is 0 Å². The normalized spacial score (nSPS) is 19.9. The number of hydrogen-bond acceptors (Lipinski definition) is 6. The van der Waals surface area contributed by atoms with Crippen LogP contribution in [0.4, 0.5) is 0 Å². The Labute approximate surface area is 157 Å². The number of carbonyl (C=O) groups excluding carboxylic acids is 2. The Morgan fingerprint density at radius 2 is 1.19 bits per heavy atom. The van der Waals surface area contributed by atoms with Crippen molar-refractivity contribution in [1.82, 2.24) is 10.6 Å². The van der Waals surface area contributed by atoms with Crippen LogP contribution < -0.4 is 10.6 Å². The molecule has 0 heterocycles. The van der Waals surface area contributed by atoms with Crippen LogP contribution >= 0.6 is 0 Å². The van der Waals surface area contributed by atoms with Crippen LogP contribution in [0.25, 0.3) is 0 Å². The molecule has 0 saturated heterocycles. The van der Waals surface area contributed by atoms with E-state index in [1.807, 2.05) is 0 Å². The molecule has 0 aliphatic heterocycles. The molecule has 0 aromatic carbocycles.